The summed E-state index contributed by atoms with van der Waals surface area (Å²) in [6.45, 7) is 0. The molecule has 0 spiro atoms. The van der Waals surface area contributed by atoms with Gasteiger partial charge in [0.05, 0.1) is 20.4 Å². The van der Waals surface area contributed by atoms with Crippen LogP contribution in [-0.2, 0) is 0 Å². The lowest BCUT2D eigenvalue weighted by molar-refractivity contribution is 0.394. The number of rotatable bonds is 3. The van der Waals surface area contributed by atoms with Crippen molar-refractivity contribution in [1.82, 2.24) is 9.97 Å². The van der Waals surface area contributed by atoms with Gasteiger partial charge in [-0.1, -0.05) is 0 Å². The number of nitrogens with one attached hydrogen (secondary N) is 1. The van der Waals surface area contributed by atoms with E-state index in [2.05, 4.69) is 9.97 Å². The number of aromatic amines is 1. The van der Waals surface area contributed by atoms with Gasteiger partial charge in [0.15, 0.2) is 0 Å². The van der Waals surface area contributed by atoms with Crippen LogP contribution < -0.4 is 20.8 Å². The summed E-state index contributed by atoms with van der Waals surface area (Å²) < 4.78 is 10.3. The Labute approximate surface area is 103 Å². The average Bonchev–Trinajstić information content (AvgIpc) is 2.41. The zero-order valence-corrected chi connectivity index (χ0v) is 10.1. The van der Waals surface area contributed by atoms with Gasteiger partial charge in [0, 0.05) is 11.6 Å². The van der Waals surface area contributed by atoms with E-state index >= 15 is 0 Å². The molecule has 0 bridgehead atoms. The van der Waals surface area contributed by atoms with E-state index in [0.717, 1.165) is 0 Å². The number of anilines is 1. The van der Waals surface area contributed by atoms with Crippen molar-refractivity contribution in [2.75, 3.05) is 20.0 Å². The van der Waals surface area contributed by atoms with E-state index in [1.807, 2.05) is 0 Å². The summed E-state index contributed by atoms with van der Waals surface area (Å²) in [7, 11) is 3.11. The molecular weight excluding hydrogens is 234 g/mol. The predicted molar refractivity (Wildman–Crippen MR) is 67.8 cm³/mol. The summed E-state index contributed by atoms with van der Waals surface area (Å²) in [5.74, 6) is 1.64. The molecule has 0 radical (unpaired) electrons. The van der Waals surface area contributed by atoms with Crippen LogP contribution in [0.15, 0.2) is 29.2 Å². The van der Waals surface area contributed by atoms with Crippen molar-refractivity contribution in [2.24, 2.45) is 0 Å². The Hall–Kier alpha value is -2.50. The van der Waals surface area contributed by atoms with Gasteiger partial charge >= 0.3 is 0 Å². The fourth-order valence-corrected chi connectivity index (χ4v) is 1.50. The molecule has 0 unspecified atom stereocenters. The van der Waals surface area contributed by atoms with Crippen LogP contribution in [0, 0.1) is 0 Å². The van der Waals surface area contributed by atoms with Crippen LogP contribution >= 0.6 is 0 Å². The molecule has 0 aliphatic rings. The lowest BCUT2D eigenvalue weighted by Gasteiger charge is -2.07. The maximum absolute atomic E-state index is 11.4. The van der Waals surface area contributed by atoms with E-state index in [0.29, 0.717) is 22.9 Å². The standard InChI is InChI=1S/C12H13N3O3/c1-17-8-3-7(4-9(5-8)18-2)11-14-6-10(13)12(16)15-11/h3-6H,13H2,1-2H3,(H,14,15,16). The second-order valence-corrected chi connectivity index (χ2v) is 3.62. The summed E-state index contributed by atoms with van der Waals surface area (Å²) in [4.78, 5) is 18.1. The summed E-state index contributed by atoms with van der Waals surface area (Å²) in [5, 5.41) is 0. The minimum absolute atomic E-state index is 0.0774. The van der Waals surface area contributed by atoms with Crippen LogP contribution in [0.25, 0.3) is 11.4 Å². The van der Waals surface area contributed by atoms with Crippen molar-refractivity contribution >= 4 is 5.69 Å². The number of nitrogens with two attached hydrogens (primary N) is 1. The van der Waals surface area contributed by atoms with Gasteiger partial charge < -0.3 is 20.2 Å². The Morgan fingerprint density at radius 3 is 2.28 bits per heavy atom. The zero-order chi connectivity index (χ0) is 13.1. The van der Waals surface area contributed by atoms with E-state index in [9.17, 15) is 4.79 Å². The number of nitrogen functional groups attached to an aromatic ring is 1. The Morgan fingerprint density at radius 1 is 1.17 bits per heavy atom. The van der Waals surface area contributed by atoms with Gasteiger partial charge in [-0.15, -0.1) is 0 Å². The van der Waals surface area contributed by atoms with Crippen molar-refractivity contribution in [1.29, 1.82) is 0 Å². The highest BCUT2D eigenvalue weighted by atomic mass is 16.5. The summed E-state index contributed by atoms with van der Waals surface area (Å²) >= 11 is 0. The predicted octanol–water partition coefficient (Wildman–Crippen LogP) is 1.04. The third-order valence-corrected chi connectivity index (χ3v) is 2.45. The molecule has 0 aliphatic heterocycles. The third-order valence-electron chi connectivity index (χ3n) is 2.45. The molecule has 6 nitrogen and oxygen atoms in total. The number of H-pyrrole nitrogens is 1. The Morgan fingerprint density at radius 2 is 1.78 bits per heavy atom. The summed E-state index contributed by atoms with van der Waals surface area (Å²) in [6, 6.07) is 5.23. The fourth-order valence-electron chi connectivity index (χ4n) is 1.50. The largest absolute Gasteiger partial charge is 0.497 e. The van der Waals surface area contributed by atoms with Crippen molar-refractivity contribution < 1.29 is 9.47 Å². The molecule has 2 rings (SSSR count). The summed E-state index contributed by atoms with van der Waals surface area (Å²) in [6.07, 6.45) is 1.32. The fraction of sp³-hybridized carbons (Fsp3) is 0.167. The van der Waals surface area contributed by atoms with Gasteiger partial charge in [-0.3, -0.25) is 4.79 Å². The maximum atomic E-state index is 11.4. The van der Waals surface area contributed by atoms with Gasteiger partial charge in [-0.05, 0) is 12.1 Å². The first kappa shape index (κ1) is 12.0. The first-order valence-electron chi connectivity index (χ1n) is 5.22. The topological polar surface area (TPSA) is 90.2 Å². The highest BCUT2D eigenvalue weighted by Crippen LogP contribution is 2.27. The molecule has 2 aromatic rings. The molecule has 0 fully saturated rings. The average molecular weight is 247 g/mol. The molecule has 1 aromatic carbocycles. The van der Waals surface area contributed by atoms with E-state index < -0.39 is 0 Å². The molecular formula is C12H13N3O3. The number of hydrogen-bond acceptors (Lipinski definition) is 5. The second kappa shape index (κ2) is 4.79. The van der Waals surface area contributed by atoms with Crippen molar-refractivity contribution in [3.63, 3.8) is 0 Å². The van der Waals surface area contributed by atoms with Crippen molar-refractivity contribution in [3.05, 3.63) is 34.7 Å². The van der Waals surface area contributed by atoms with Gasteiger partial charge in [0.2, 0.25) is 0 Å². The van der Waals surface area contributed by atoms with Gasteiger partial charge in [-0.2, -0.15) is 0 Å². The quantitative estimate of drug-likeness (QED) is 0.845. The van der Waals surface area contributed by atoms with E-state index in [-0.39, 0.29) is 11.2 Å². The highest BCUT2D eigenvalue weighted by Gasteiger charge is 2.07. The number of aromatic nitrogens is 2. The highest BCUT2D eigenvalue weighted by molar-refractivity contribution is 5.61. The van der Waals surface area contributed by atoms with Gasteiger partial charge in [0.25, 0.3) is 5.56 Å². The molecule has 0 saturated carbocycles. The van der Waals surface area contributed by atoms with E-state index in [4.69, 9.17) is 15.2 Å². The van der Waals surface area contributed by atoms with Crippen LogP contribution in [0.1, 0.15) is 0 Å². The number of methoxy groups -OCH3 is 2. The van der Waals surface area contributed by atoms with E-state index in [1.54, 1.807) is 32.4 Å². The van der Waals surface area contributed by atoms with E-state index in [1.165, 1.54) is 6.20 Å². The number of ether oxygens (including phenoxy) is 2. The molecule has 0 atom stereocenters. The van der Waals surface area contributed by atoms with Crippen LogP contribution in [0.2, 0.25) is 0 Å². The van der Waals surface area contributed by atoms with Crippen LogP contribution in [0.3, 0.4) is 0 Å². The number of benzene rings is 1. The smallest absolute Gasteiger partial charge is 0.274 e. The van der Waals surface area contributed by atoms with Crippen LogP contribution in [-0.4, -0.2) is 24.2 Å². The molecule has 6 heteroatoms. The second-order valence-electron chi connectivity index (χ2n) is 3.62. The van der Waals surface area contributed by atoms with Crippen LogP contribution in [0.4, 0.5) is 5.69 Å². The maximum Gasteiger partial charge on any atom is 0.274 e. The molecule has 1 aromatic heterocycles. The van der Waals surface area contributed by atoms with Crippen molar-refractivity contribution in [2.45, 2.75) is 0 Å². The molecule has 3 N–H and O–H groups in total. The Balaban J connectivity index is 2.55. The zero-order valence-electron chi connectivity index (χ0n) is 10.1. The molecule has 0 amide bonds. The lowest BCUT2D eigenvalue weighted by atomic mass is 10.2. The minimum atomic E-state index is -0.373. The van der Waals surface area contributed by atoms with Crippen LogP contribution in [0.5, 0.6) is 11.5 Å². The summed E-state index contributed by atoms with van der Waals surface area (Å²) in [5.41, 5.74) is 5.81. The first-order valence-corrected chi connectivity index (χ1v) is 5.22. The SMILES string of the molecule is COc1cc(OC)cc(-c2ncc(N)c(=O)[nH]2)c1. The molecule has 0 saturated heterocycles. The normalized spacial score (nSPS) is 10.1. The molecule has 94 valence electrons. The molecule has 1 heterocycles. The Bertz CT molecular complexity index is 600. The van der Waals surface area contributed by atoms with Gasteiger partial charge in [0.1, 0.15) is 23.0 Å². The minimum Gasteiger partial charge on any atom is -0.497 e. The first-order chi connectivity index (χ1) is 8.63. The molecule has 18 heavy (non-hydrogen) atoms. The Kier molecular flexibility index (Phi) is 3.18. The third kappa shape index (κ3) is 2.27. The number of nitrogens with zero attached hydrogens (tertiary/aromatic N) is 1. The van der Waals surface area contributed by atoms with Gasteiger partial charge in [-0.25, -0.2) is 4.98 Å². The molecule has 0 aliphatic carbocycles. The lowest BCUT2D eigenvalue weighted by Crippen LogP contribution is -2.13. The van der Waals surface area contributed by atoms with Crippen molar-refractivity contribution in [3.8, 4) is 22.9 Å². The monoisotopic (exact) mass is 247 g/mol. The number of hydrogen-bond donors (Lipinski definition) is 2.